The monoisotopic (exact) mass is 320 g/mol. The number of hydrogen-bond acceptors (Lipinski definition) is 1. The lowest BCUT2D eigenvalue weighted by atomic mass is 9.77. The normalized spacial score (nSPS) is 23.5. The molecule has 2 heteroatoms. The van der Waals surface area contributed by atoms with Gasteiger partial charge in [0.1, 0.15) is 5.78 Å². The van der Waals surface area contributed by atoms with Gasteiger partial charge in [0.05, 0.1) is 0 Å². The molecule has 122 valence electrons. The van der Waals surface area contributed by atoms with Crippen molar-refractivity contribution in [3.8, 4) is 0 Å². The number of rotatable bonds is 6. The first-order valence-corrected chi connectivity index (χ1v) is 9.14. The zero-order chi connectivity index (χ0) is 16.1. The van der Waals surface area contributed by atoms with Gasteiger partial charge in [-0.1, -0.05) is 70.2 Å². The van der Waals surface area contributed by atoms with Crippen LogP contribution < -0.4 is 0 Å². The number of Topliss-reactive ketones (excluding diaryl/α,β-unsaturated/α-hetero) is 1. The summed E-state index contributed by atoms with van der Waals surface area (Å²) < 4.78 is 0. The van der Waals surface area contributed by atoms with E-state index in [0.29, 0.717) is 5.78 Å². The highest BCUT2D eigenvalue weighted by molar-refractivity contribution is 6.30. The highest BCUT2D eigenvalue weighted by Gasteiger charge is 2.25. The van der Waals surface area contributed by atoms with Crippen molar-refractivity contribution < 1.29 is 4.79 Å². The Kier molecular flexibility index (Phi) is 6.50. The minimum atomic E-state index is 0.0385. The molecule has 1 atom stereocenters. The van der Waals surface area contributed by atoms with E-state index >= 15 is 0 Å². The van der Waals surface area contributed by atoms with Crippen molar-refractivity contribution in [3.05, 3.63) is 34.9 Å². The topological polar surface area (TPSA) is 17.1 Å². The van der Waals surface area contributed by atoms with E-state index in [1.807, 2.05) is 38.1 Å². The van der Waals surface area contributed by atoms with Gasteiger partial charge < -0.3 is 0 Å². The second-order valence-corrected chi connectivity index (χ2v) is 7.80. The van der Waals surface area contributed by atoms with Crippen molar-refractivity contribution in [3.63, 3.8) is 0 Å². The third kappa shape index (κ3) is 4.84. The molecule has 0 radical (unpaired) electrons. The smallest absolute Gasteiger partial charge is 0.142 e. The van der Waals surface area contributed by atoms with Crippen LogP contribution in [-0.2, 0) is 4.79 Å². The van der Waals surface area contributed by atoms with Gasteiger partial charge in [0.2, 0.25) is 0 Å². The van der Waals surface area contributed by atoms with Crippen LogP contribution in [0.25, 0.3) is 0 Å². The zero-order valence-electron chi connectivity index (χ0n) is 14.1. The van der Waals surface area contributed by atoms with Crippen molar-refractivity contribution in [2.75, 3.05) is 0 Å². The van der Waals surface area contributed by atoms with Crippen LogP contribution in [0.3, 0.4) is 0 Å². The van der Waals surface area contributed by atoms with Crippen molar-refractivity contribution in [1.29, 1.82) is 0 Å². The fourth-order valence-corrected chi connectivity index (χ4v) is 3.72. The van der Waals surface area contributed by atoms with E-state index < -0.39 is 0 Å². The van der Waals surface area contributed by atoms with Crippen LogP contribution in [0.15, 0.2) is 24.3 Å². The molecule has 1 unspecified atom stereocenters. The van der Waals surface area contributed by atoms with E-state index in [0.717, 1.165) is 28.8 Å². The van der Waals surface area contributed by atoms with E-state index in [1.54, 1.807) is 0 Å². The number of halogens is 1. The van der Waals surface area contributed by atoms with Crippen LogP contribution in [-0.4, -0.2) is 5.78 Å². The van der Waals surface area contributed by atoms with Gasteiger partial charge >= 0.3 is 0 Å². The summed E-state index contributed by atoms with van der Waals surface area (Å²) in [6, 6.07) is 7.85. The fraction of sp³-hybridized carbons (Fsp3) is 0.650. The molecular formula is C20H29ClO. The average molecular weight is 321 g/mol. The molecule has 1 aliphatic carbocycles. The van der Waals surface area contributed by atoms with Crippen molar-refractivity contribution in [2.45, 2.75) is 65.2 Å². The zero-order valence-corrected chi connectivity index (χ0v) is 14.9. The number of carbonyl (C=O) groups excluding carboxylic acids is 1. The van der Waals surface area contributed by atoms with Crippen molar-refractivity contribution in [2.24, 2.45) is 17.8 Å². The number of carbonyl (C=O) groups is 1. The Morgan fingerprint density at radius 1 is 1.14 bits per heavy atom. The van der Waals surface area contributed by atoms with Crippen molar-refractivity contribution >= 4 is 17.4 Å². The molecule has 0 bridgehead atoms. The van der Waals surface area contributed by atoms with E-state index in [-0.39, 0.29) is 11.8 Å². The van der Waals surface area contributed by atoms with E-state index in [1.165, 1.54) is 32.1 Å². The summed E-state index contributed by atoms with van der Waals surface area (Å²) in [5.74, 6) is 2.20. The summed E-state index contributed by atoms with van der Waals surface area (Å²) in [5.41, 5.74) is 1.13. The molecule has 1 aromatic carbocycles. The Balaban J connectivity index is 2.02. The van der Waals surface area contributed by atoms with Gasteiger partial charge in [-0.05, 0) is 42.4 Å². The molecule has 0 aromatic heterocycles. The summed E-state index contributed by atoms with van der Waals surface area (Å²) in [7, 11) is 0. The second-order valence-electron chi connectivity index (χ2n) is 7.36. The maximum Gasteiger partial charge on any atom is 0.142 e. The highest BCUT2D eigenvalue weighted by atomic mass is 35.5. The molecule has 0 aliphatic heterocycles. The molecule has 1 aliphatic rings. The summed E-state index contributed by atoms with van der Waals surface area (Å²) in [6.45, 7) is 6.37. The predicted molar refractivity (Wildman–Crippen MR) is 94.4 cm³/mol. The molecule has 0 N–H and O–H groups in total. The molecule has 2 rings (SSSR count). The molecule has 1 saturated carbocycles. The average Bonchev–Trinajstić information content (AvgIpc) is 2.50. The summed E-state index contributed by atoms with van der Waals surface area (Å²) in [4.78, 5) is 12.6. The Hall–Kier alpha value is -0.820. The molecule has 1 aromatic rings. The first kappa shape index (κ1) is 17.5. The number of hydrogen-bond donors (Lipinski definition) is 0. The molecular weight excluding hydrogens is 292 g/mol. The van der Waals surface area contributed by atoms with Crippen molar-refractivity contribution in [1.82, 2.24) is 0 Å². The van der Waals surface area contributed by atoms with Gasteiger partial charge in [0.15, 0.2) is 0 Å². The Bertz CT molecular complexity index is 469. The maximum absolute atomic E-state index is 12.6. The standard InChI is InChI=1S/C20H29ClO/c1-14(2)20(22)19(17-9-11-18(21)12-10-17)13-8-16-6-4-15(3)5-7-16/h9-12,14-16,19H,4-8,13H2,1-3H3. The number of benzene rings is 1. The molecule has 0 amide bonds. The minimum Gasteiger partial charge on any atom is -0.299 e. The summed E-state index contributed by atoms with van der Waals surface area (Å²) in [6.07, 6.45) is 7.55. The van der Waals surface area contributed by atoms with E-state index in [2.05, 4.69) is 6.92 Å². The summed E-state index contributed by atoms with van der Waals surface area (Å²) >= 11 is 5.99. The van der Waals surface area contributed by atoms with E-state index in [4.69, 9.17) is 11.6 Å². The SMILES string of the molecule is CC1CCC(CCC(C(=O)C(C)C)c2ccc(Cl)cc2)CC1. The Morgan fingerprint density at radius 2 is 1.73 bits per heavy atom. The summed E-state index contributed by atoms with van der Waals surface area (Å²) in [5, 5.41) is 0.737. The van der Waals surface area contributed by atoms with E-state index in [9.17, 15) is 4.79 Å². The molecule has 0 heterocycles. The lowest BCUT2D eigenvalue weighted by molar-refractivity contribution is -0.123. The van der Waals surface area contributed by atoms with Gasteiger partial charge in [-0.3, -0.25) is 4.79 Å². The largest absolute Gasteiger partial charge is 0.299 e. The Labute approximate surface area is 140 Å². The number of ketones is 1. The molecule has 1 nitrogen and oxygen atoms in total. The Morgan fingerprint density at radius 3 is 2.27 bits per heavy atom. The quantitative estimate of drug-likeness (QED) is 0.605. The molecule has 0 spiro atoms. The van der Waals surface area contributed by atoms with Crippen LogP contribution in [0.2, 0.25) is 5.02 Å². The van der Waals surface area contributed by atoms with Gasteiger partial charge in [-0.2, -0.15) is 0 Å². The third-order valence-corrected chi connectivity index (χ3v) is 5.44. The lowest BCUT2D eigenvalue weighted by Crippen LogP contribution is -2.20. The third-order valence-electron chi connectivity index (χ3n) is 5.18. The van der Waals surface area contributed by atoms with Crippen LogP contribution in [0.4, 0.5) is 0 Å². The second kappa shape index (κ2) is 8.15. The van der Waals surface area contributed by atoms with Gasteiger partial charge in [0, 0.05) is 16.9 Å². The molecule has 0 saturated heterocycles. The van der Waals surface area contributed by atoms with Crippen LogP contribution in [0.5, 0.6) is 0 Å². The molecule has 1 fully saturated rings. The van der Waals surface area contributed by atoms with Gasteiger partial charge in [-0.15, -0.1) is 0 Å². The van der Waals surface area contributed by atoms with Gasteiger partial charge in [0.25, 0.3) is 0 Å². The maximum atomic E-state index is 12.6. The fourth-order valence-electron chi connectivity index (χ4n) is 3.59. The van der Waals surface area contributed by atoms with Crippen LogP contribution >= 0.6 is 11.6 Å². The predicted octanol–water partition coefficient (Wildman–Crippen LogP) is 6.26. The van der Waals surface area contributed by atoms with Crippen LogP contribution in [0, 0.1) is 17.8 Å². The first-order chi connectivity index (χ1) is 10.5. The van der Waals surface area contributed by atoms with Gasteiger partial charge in [-0.25, -0.2) is 0 Å². The van der Waals surface area contributed by atoms with Crippen LogP contribution in [0.1, 0.15) is 70.8 Å². The first-order valence-electron chi connectivity index (χ1n) is 8.76. The highest BCUT2D eigenvalue weighted by Crippen LogP contribution is 2.35. The lowest BCUT2D eigenvalue weighted by Gasteiger charge is -2.28. The minimum absolute atomic E-state index is 0.0385. The molecule has 22 heavy (non-hydrogen) atoms.